The Hall–Kier alpha value is -4.20. The number of nitrogens with zero attached hydrogens (tertiary/aromatic N) is 3. The van der Waals surface area contributed by atoms with Crippen molar-refractivity contribution in [2.75, 3.05) is 11.9 Å². The number of pyridine rings is 2. The second-order valence-corrected chi connectivity index (χ2v) is 7.00. The SMILES string of the molecule is O=C(NCC1c2ccccc2-c2cncn21)Nc1ccc(-c2cc[nH]c(=O)c2)nc1. The quantitative estimate of drug-likeness (QED) is 0.491. The van der Waals surface area contributed by atoms with Gasteiger partial charge in [-0.1, -0.05) is 24.3 Å². The first-order chi connectivity index (χ1) is 14.7. The molecule has 0 saturated heterocycles. The monoisotopic (exact) mass is 398 g/mol. The van der Waals surface area contributed by atoms with Gasteiger partial charge in [0, 0.05) is 29.9 Å². The molecule has 5 rings (SSSR count). The maximum absolute atomic E-state index is 12.4. The number of aromatic amines is 1. The first-order valence-corrected chi connectivity index (χ1v) is 9.50. The van der Waals surface area contributed by atoms with E-state index in [9.17, 15) is 9.59 Å². The summed E-state index contributed by atoms with van der Waals surface area (Å²) in [6.07, 6.45) is 6.77. The van der Waals surface area contributed by atoms with E-state index in [1.807, 2.05) is 18.3 Å². The molecule has 0 saturated carbocycles. The van der Waals surface area contributed by atoms with Gasteiger partial charge in [0.1, 0.15) is 0 Å². The molecule has 0 aliphatic carbocycles. The first-order valence-electron chi connectivity index (χ1n) is 9.50. The Labute approximate surface area is 171 Å². The van der Waals surface area contributed by atoms with E-state index in [0.717, 1.165) is 11.3 Å². The maximum Gasteiger partial charge on any atom is 0.319 e. The molecule has 1 aliphatic heterocycles. The number of amides is 2. The summed E-state index contributed by atoms with van der Waals surface area (Å²) in [5, 5.41) is 5.72. The summed E-state index contributed by atoms with van der Waals surface area (Å²) in [6.45, 7) is 0.435. The molecule has 148 valence electrons. The van der Waals surface area contributed by atoms with E-state index in [4.69, 9.17) is 0 Å². The topological polar surface area (TPSA) is 105 Å². The van der Waals surface area contributed by atoms with Crippen molar-refractivity contribution >= 4 is 11.7 Å². The zero-order valence-electron chi connectivity index (χ0n) is 15.9. The highest BCUT2D eigenvalue weighted by Gasteiger charge is 2.28. The van der Waals surface area contributed by atoms with E-state index in [1.54, 1.807) is 36.9 Å². The van der Waals surface area contributed by atoms with Gasteiger partial charge in [-0.05, 0) is 23.8 Å². The molecule has 8 heteroatoms. The van der Waals surface area contributed by atoms with Crippen molar-refractivity contribution in [3.05, 3.63) is 89.4 Å². The Morgan fingerprint density at radius 1 is 1.13 bits per heavy atom. The van der Waals surface area contributed by atoms with E-state index < -0.39 is 0 Å². The molecule has 4 heterocycles. The lowest BCUT2D eigenvalue weighted by Gasteiger charge is -2.16. The fraction of sp³-hybridized carbons (Fsp3) is 0.0909. The lowest BCUT2D eigenvalue weighted by atomic mass is 10.0. The van der Waals surface area contributed by atoms with Crippen LogP contribution in [-0.4, -0.2) is 32.1 Å². The van der Waals surface area contributed by atoms with E-state index in [-0.39, 0.29) is 17.6 Å². The van der Waals surface area contributed by atoms with Crippen molar-refractivity contribution in [1.29, 1.82) is 0 Å². The molecule has 3 aromatic heterocycles. The van der Waals surface area contributed by atoms with Crippen LogP contribution in [0.5, 0.6) is 0 Å². The minimum atomic E-state index is -0.313. The lowest BCUT2D eigenvalue weighted by Crippen LogP contribution is -2.33. The third kappa shape index (κ3) is 3.24. The van der Waals surface area contributed by atoms with Crippen molar-refractivity contribution in [2.24, 2.45) is 0 Å². The summed E-state index contributed by atoms with van der Waals surface area (Å²) in [4.78, 5) is 35.0. The van der Waals surface area contributed by atoms with Crippen molar-refractivity contribution in [2.45, 2.75) is 6.04 Å². The third-order valence-electron chi connectivity index (χ3n) is 5.15. The maximum atomic E-state index is 12.4. The van der Waals surface area contributed by atoms with Crippen molar-refractivity contribution < 1.29 is 4.79 Å². The van der Waals surface area contributed by atoms with Crippen LogP contribution in [0.25, 0.3) is 22.5 Å². The predicted octanol–water partition coefficient (Wildman–Crippen LogP) is 3.02. The normalized spacial score (nSPS) is 14.1. The van der Waals surface area contributed by atoms with E-state index in [1.165, 1.54) is 11.6 Å². The van der Waals surface area contributed by atoms with Gasteiger partial charge in [-0.3, -0.25) is 9.78 Å². The Bertz CT molecular complexity index is 1280. The molecule has 4 aromatic rings. The number of carbonyl (C=O) groups excluding carboxylic acids is 1. The van der Waals surface area contributed by atoms with Crippen molar-refractivity contribution in [1.82, 2.24) is 24.8 Å². The number of imidazole rings is 1. The molecule has 1 unspecified atom stereocenters. The lowest BCUT2D eigenvalue weighted by molar-refractivity contribution is 0.251. The summed E-state index contributed by atoms with van der Waals surface area (Å²) >= 11 is 0. The Balaban J connectivity index is 1.25. The predicted molar refractivity (Wildman–Crippen MR) is 113 cm³/mol. The van der Waals surface area contributed by atoms with Crippen LogP contribution in [0.3, 0.4) is 0 Å². The van der Waals surface area contributed by atoms with Crippen LogP contribution < -0.4 is 16.2 Å². The highest BCUT2D eigenvalue weighted by Crippen LogP contribution is 2.38. The summed E-state index contributed by atoms with van der Waals surface area (Å²) in [7, 11) is 0. The second-order valence-electron chi connectivity index (χ2n) is 7.00. The molecular weight excluding hydrogens is 380 g/mol. The molecule has 1 atom stereocenters. The number of hydrogen-bond acceptors (Lipinski definition) is 4. The number of fused-ring (bicyclic) bond motifs is 3. The van der Waals surface area contributed by atoms with Crippen LogP contribution in [0.1, 0.15) is 11.6 Å². The number of H-pyrrole nitrogens is 1. The zero-order chi connectivity index (χ0) is 20.5. The summed E-state index contributed by atoms with van der Waals surface area (Å²) in [6, 6.07) is 14.6. The number of urea groups is 1. The Morgan fingerprint density at radius 2 is 2.03 bits per heavy atom. The highest BCUT2D eigenvalue weighted by molar-refractivity contribution is 5.89. The smallest absolute Gasteiger partial charge is 0.319 e. The Morgan fingerprint density at radius 3 is 2.87 bits per heavy atom. The average Bonchev–Trinajstić information content (AvgIpc) is 3.34. The molecule has 3 N–H and O–H groups in total. The van der Waals surface area contributed by atoms with Gasteiger partial charge in [0.05, 0.1) is 41.8 Å². The minimum Gasteiger partial charge on any atom is -0.335 e. The summed E-state index contributed by atoms with van der Waals surface area (Å²) in [5.41, 5.74) is 5.10. The van der Waals surface area contributed by atoms with Crippen LogP contribution in [-0.2, 0) is 0 Å². The second kappa shape index (κ2) is 7.32. The molecule has 1 aliphatic rings. The van der Waals surface area contributed by atoms with Crippen molar-refractivity contribution in [3.63, 3.8) is 0 Å². The minimum absolute atomic E-state index is 0.00104. The largest absolute Gasteiger partial charge is 0.335 e. The number of aromatic nitrogens is 4. The van der Waals surface area contributed by atoms with Gasteiger partial charge < -0.3 is 20.2 Å². The number of hydrogen-bond donors (Lipinski definition) is 3. The fourth-order valence-corrected chi connectivity index (χ4v) is 3.75. The van der Waals surface area contributed by atoms with Gasteiger partial charge in [-0.25, -0.2) is 9.78 Å². The highest BCUT2D eigenvalue weighted by atomic mass is 16.2. The molecule has 0 bridgehead atoms. The number of carbonyl (C=O) groups is 1. The Kier molecular flexibility index (Phi) is 4.36. The van der Waals surface area contributed by atoms with E-state index >= 15 is 0 Å². The zero-order valence-corrected chi connectivity index (χ0v) is 15.9. The van der Waals surface area contributed by atoms with E-state index in [2.05, 4.69) is 42.3 Å². The molecule has 1 aromatic carbocycles. The summed E-state index contributed by atoms with van der Waals surface area (Å²) < 4.78 is 2.07. The van der Waals surface area contributed by atoms with Gasteiger partial charge in [-0.15, -0.1) is 0 Å². The van der Waals surface area contributed by atoms with E-state index in [0.29, 0.717) is 23.5 Å². The van der Waals surface area contributed by atoms with Gasteiger partial charge in [0.25, 0.3) is 0 Å². The van der Waals surface area contributed by atoms with Gasteiger partial charge in [-0.2, -0.15) is 0 Å². The van der Waals surface area contributed by atoms with Crippen LogP contribution >= 0.6 is 0 Å². The molecule has 0 spiro atoms. The molecule has 0 fully saturated rings. The molecule has 30 heavy (non-hydrogen) atoms. The molecule has 2 amide bonds. The van der Waals surface area contributed by atoms with Crippen LogP contribution in [0, 0.1) is 0 Å². The third-order valence-corrected chi connectivity index (χ3v) is 5.15. The number of nitrogens with one attached hydrogen (secondary N) is 3. The van der Waals surface area contributed by atoms with Gasteiger partial charge in [0.2, 0.25) is 5.56 Å². The van der Waals surface area contributed by atoms with Crippen LogP contribution in [0.2, 0.25) is 0 Å². The summed E-state index contributed by atoms with van der Waals surface area (Å²) in [5.74, 6) is 0. The fourth-order valence-electron chi connectivity index (χ4n) is 3.75. The number of rotatable bonds is 4. The molecular formula is C22H18N6O2. The number of benzene rings is 1. The van der Waals surface area contributed by atoms with Crippen LogP contribution in [0.4, 0.5) is 10.5 Å². The number of anilines is 1. The first kappa shape index (κ1) is 17.9. The van der Waals surface area contributed by atoms with Gasteiger partial charge in [0.15, 0.2) is 0 Å². The van der Waals surface area contributed by atoms with Gasteiger partial charge >= 0.3 is 6.03 Å². The standard InChI is InChI=1S/C22H18N6O2/c29-21-9-14(7-8-24-21)18-6-5-15(10-25-18)27-22(30)26-12-20-17-4-2-1-3-16(17)19-11-23-13-28(19)20/h1-11,13,20H,12H2,(H,24,29)(H2,26,27,30). The molecule has 8 nitrogen and oxygen atoms in total. The van der Waals surface area contributed by atoms with Crippen molar-refractivity contribution in [3.8, 4) is 22.5 Å². The average molecular weight is 398 g/mol. The molecule has 0 radical (unpaired) electrons. The van der Waals surface area contributed by atoms with Crippen LogP contribution in [0.15, 0.2) is 78.2 Å².